The summed E-state index contributed by atoms with van der Waals surface area (Å²) < 4.78 is 25.2. The zero-order valence-corrected chi connectivity index (χ0v) is 25.1. The molecule has 0 radical (unpaired) electrons. The predicted molar refractivity (Wildman–Crippen MR) is 170 cm³/mol. The number of oxazole rings is 1. The number of Topliss-reactive ketones (excluding diaryl/α,β-unsaturated/α-hetero) is 1. The third kappa shape index (κ3) is 5.82. The van der Waals surface area contributed by atoms with Crippen molar-refractivity contribution in [2.24, 2.45) is 0 Å². The lowest BCUT2D eigenvalue weighted by Gasteiger charge is -2.25. The average molecular weight is 594 g/mol. The molecule has 43 heavy (non-hydrogen) atoms. The molecule has 0 bridgehead atoms. The van der Waals surface area contributed by atoms with Gasteiger partial charge in [-0.2, -0.15) is 4.57 Å². The number of rotatable bonds is 12. The number of para-hydroxylation sites is 4. The van der Waals surface area contributed by atoms with Gasteiger partial charge in [0.2, 0.25) is 11.5 Å². The minimum atomic E-state index is -0.0537. The summed E-state index contributed by atoms with van der Waals surface area (Å²) in [6.45, 7) is 6.08. The fourth-order valence-corrected chi connectivity index (χ4v) is 6.27. The fourth-order valence-electron chi connectivity index (χ4n) is 5.15. The number of hydrogen-bond acceptors (Lipinski definition) is 7. The summed E-state index contributed by atoms with van der Waals surface area (Å²) in [7, 11) is 3.35. The Kier molecular flexibility index (Phi) is 8.60. The molecule has 2 aliphatic rings. The lowest BCUT2D eigenvalue weighted by atomic mass is 9.89. The number of methoxy groups -OCH3 is 2. The molecule has 0 unspecified atom stereocenters. The second kappa shape index (κ2) is 12.9. The summed E-state index contributed by atoms with van der Waals surface area (Å²) >= 11 is 1.63. The molecule has 0 amide bonds. The van der Waals surface area contributed by atoms with Crippen molar-refractivity contribution in [3.63, 3.8) is 0 Å². The van der Waals surface area contributed by atoms with E-state index >= 15 is 0 Å². The van der Waals surface area contributed by atoms with Crippen molar-refractivity contribution in [1.29, 1.82) is 0 Å². The van der Waals surface area contributed by atoms with Crippen molar-refractivity contribution in [1.82, 2.24) is 0 Å². The third-order valence-corrected chi connectivity index (χ3v) is 8.63. The van der Waals surface area contributed by atoms with Crippen LogP contribution in [0.2, 0.25) is 0 Å². The van der Waals surface area contributed by atoms with E-state index < -0.39 is 0 Å². The summed E-state index contributed by atoms with van der Waals surface area (Å²) in [5.41, 5.74) is 6.11. The number of thioether (sulfide) groups is 1. The first-order chi connectivity index (χ1) is 21.1. The van der Waals surface area contributed by atoms with Crippen LogP contribution < -0.4 is 14.2 Å². The van der Waals surface area contributed by atoms with Crippen molar-refractivity contribution >= 4 is 46.5 Å². The lowest BCUT2D eigenvalue weighted by Crippen LogP contribution is -2.37. The standard InChI is InChI=1S/C35H33N2O5S/c1-4-24-13-15-25(16-14-24)23-43-35-26(21-32-36(17-19-39-2)28-9-5-7-11-30(28)41-32)34(38)27(35)22-33-37(18-20-40-3)29-10-6-8-12-31(29)42-33/h4-16,21-22H,1,17-20,23H2,2-3H3/q+1. The molecule has 6 rings (SSSR count). The number of fused-ring (bicyclic) bond motifs is 2. The van der Waals surface area contributed by atoms with Gasteiger partial charge in [0, 0.05) is 54.7 Å². The Balaban J connectivity index is 1.40. The molecule has 3 aromatic carbocycles. The van der Waals surface area contributed by atoms with Crippen LogP contribution in [0.1, 0.15) is 17.0 Å². The van der Waals surface area contributed by atoms with Gasteiger partial charge in [0.05, 0.1) is 18.4 Å². The number of ketones is 1. The van der Waals surface area contributed by atoms with Crippen LogP contribution in [0.4, 0.5) is 5.69 Å². The molecule has 0 spiro atoms. The number of carbonyl (C=O) groups excluding carboxylic acids is 1. The van der Waals surface area contributed by atoms with Crippen LogP contribution >= 0.6 is 11.8 Å². The van der Waals surface area contributed by atoms with Crippen LogP contribution in [0.3, 0.4) is 0 Å². The molecule has 0 saturated carbocycles. The summed E-state index contributed by atoms with van der Waals surface area (Å²) in [5, 5.41) is 0. The van der Waals surface area contributed by atoms with E-state index in [1.165, 1.54) is 0 Å². The molecular weight excluding hydrogens is 560 g/mol. The molecular formula is C35H33N2O5S+. The van der Waals surface area contributed by atoms with Crippen LogP contribution in [0.25, 0.3) is 23.3 Å². The smallest absolute Gasteiger partial charge is 0.374 e. The fraction of sp³-hybridized carbons (Fsp3) is 0.200. The maximum Gasteiger partial charge on any atom is 0.374 e. The first kappa shape index (κ1) is 28.7. The number of allylic oxidation sites excluding steroid dienone is 3. The molecule has 8 heteroatoms. The van der Waals surface area contributed by atoms with Crippen LogP contribution in [0.15, 0.2) is 112 Å². The average Bonchev–Trinajstić information content (AvgIpc) is 3.58. The molecule has 1 aliphatic heterocycles. The highest BCUT2D eigenvalue weighted by Gasteiger charge is 2.37. The van der Waals surface area contributed by atoms with Gasteiger partial charge in [0.1, 0.15) is 6.61 Å². The van der Waals surface area contributed by atoms with E-state index in [0.29, 0.717) is 55.0 Å². The molecule has 0 fully saturated rings. The van der Waals surface area contributed by atoms with Gasteiger partial charge in [-0.15, -0.1) is 11.8 Å². The SMILES string of the molecule is C=Cc1ccc(CSC2=C(/C=C3/Oc4ccccc4N3CCOC)C(=O)/C2=C/c2oc3ccccc3[n+]2CCOC)cc1. The van der Waals surface area contributed by atoms with Crippen molar-refractivity contribution in [2.75, 3.05) is 38.9 Å². The maximum atomic E-state index is 13.8. The Morgan fingerprint density at radius 2 is 1.72 bits per heavy atom. The van der Waals surface area contributed by atoms with Crippen molar-refractivity contribution in [3.05, 3.63) is 124 Å². The Labute approximate surface area is 255 Å². The molecule has 1 aromatic heterocycles. The number of aromatic nitrogens is 1. The number of carbonyl (C=O) groups is 1. The molecule has 2 heterocycles. The molecule has 0 saturated heterocycles. The van der Waals surface area contributed by atoms with Crippen LogP contribution in [0.5, 0.6) is 5.75 Å². The zero-order valence-electron chi connectivity index (χ0n) is 24.2. The highest BCUT2D eigenvalue weighted by Crippen LogP contribution is 2.45. The van der Waals surface area contributed by atoms with Crippen molar-refractivity contribution < 1.29 is 28.0 Å². The molecule has 0 atom stereocenters. The van der Waals surface area contributed by atoms with Crippen LogP contribution in [-0.2, 0) is 26.6 Å². The zero-order chi connectivity index (χ0) is 29.8. The van der Waals surface area contributed by atoms with Crippen molar-refractivity contribution in [2.45, 2.75) is 12.3 Å². The monoisotopic (exact) mass is 593 g/mol. The summed E-state index contributed by atoms with van der Waals surface area (Å²) in [4.78, 5) is 16.8. The number of ether oxygens (including phenoxy) is 3. The molecule has 7 nitrogen and oxygen atoms in total. The van der Waals surface area contributed by atoms with Gasteiger partial charge in [-0.25, -0.2) is 0 Å². The molecule has 0 N–H and O–H groups in total. The minimum Gasteiger partial charge on any atom is -0.439 e. The van der Waals surface area contributed by atoms with E-state index in [0.717, 1.165) is 38.6 Å². The predicted octanol–water partition coefficient (Wildman–Crippen LogP) is 6.55. The normalized spacial score (nSPS) is 16.2. The quantitative estimate of drug-likeness (QED) is 0.136. The Hall–Kier alpha value is -4.37. The minimum absolute atomic E-state index is 0.0537. The Morgan fingerprint density at radius 3 is 2.51 bits per heavy atom. The van der Waals surface area contributed by atoms with E-state index in [-0.39, 0.29) is 5.78 Å². The van der Waals surface area contributed by atoms with Gasteiger partial charge in [-0.05, 0) is 29.3 Å². The number of anilines is 1. The van der Waals surface area contributed by atoms with Gasteiger partial charge in [-0.3, -0.25) is 4.79 Å². The molecule has 4 aromatic rings. The lowest BCUT2D eigenvalue weighted by molar-refractivity contribution is -0.679. The van der Waals surface area contributed by atoms with Gasteiger partial charge in [-0.1, -0.05) is 61.2 Å². The highest BCUT2D eigenvalue weighted by atomic mass is 32.2. The maximum absolute atomic E-state index is 13.8. The summed E-state index contributed by atoms with van der Waals surface area (Å²) in [6.07, 6.45) is 5.54. The summed E-state index contributed by atoms with van der Waals surface area (Å²) in [5.74, 6) is 2.61. The molecule has 1 aliphatic carbocycles. The van der Waals surface area contributed by atoms with Gasteiger partial charge in [0.25, 0.3) is 5.52 Å². The Morgan fingerprint density at radius 1 is 0.953 bits per heavy atom. The topological polar surface area (TPSA) is 65.0 Å². The third-order valence-electron chi connectivity index (χ3n) is 7.42. The van der Waals surface area contributed by atoms with Gasteiger partial charge in [0.15, 0.2) is 18.1 Å². The number of hydrogen-bond donors (Lipinski definition) is 0. The second-order valence-corrected chi connectivity index (χ2v) is 11.1. The van der Waals surface area contributed by atoms with Crippen LogP contribution in [0, 0.1) is 0 Å². The molecule has 218 valence electrons. The van der Waals surface area contributed by atoms with E-state index in [1.54, 1.807) is 26.0 Å². The van der Waals surface area contributed by atoms with E-state index in [4.69, 9.17) is 18.6 Å². The Bertz CT molecular complexity index is 1770. The van der Waals surface area contributed by atoms with E-state index in [2.05, 4.69) is 28.2 Å². The number of nitrogens with zero attached hydrogens (tertiary/aromatic N) is 2. The second-order valence-electron chi connectivity index (χ2n) is 10.1. The first-order valence-electron chi connectivity index (χ1n) is 14.1. The van der Waals surface area contributed by atoms with E-state index in [9.17, 15) is 4.79 Å². The highest BCUT2D eigenvalue weighted by molar-refractivity contribution is 8.02. The largest absolute Gasteiger partial charge is 0.439 e. The summed E-state index contributed by atoms with van der Waals surface area (Å²) in [6, 6.07) is 24.0. The van der Waals surface area contributed by atoms with E-state index in [1.807, 2.05) is 78.9 Å². The first-order valence-corrected chi connectivity index (χ1v) is 15.1. The van der Waals surface area contributed by atoms with Crippen LogP contribution in [-0.4, -0.2) is 39.8 Å². The van der Waals surface area contributed by atoms with Crippen molar-refractivity contribution in [3.8, 4) is 5.75 Å². The number of benzene rings is 3. The van der Waals surface area contributed by atoms with Gasteiger partial charge < -0.3 is 23.5 Å². The van der Waals surface area contributed by atoms with Gasteiger partial charge >= 0.3 is 5.89 Å².